The number of thiophene rings is 1. The van der Waals surface area contributed by atoms with Crippen LogP contribution in [0.5, 0.6) is 0 Å². The summed E-state index contributed by atoms with van der Waals surface area (Å²) in [4.78, 5) is 20.5. The Kier molecular flexibility index (Phi) is 8.60. The third-order valence-electron chi connectivity index (χ3n) is 12.3. The second kappa shape index (κ2) is 15.1. The zero-order valence-electron chi connectivity index (χ0n) is 34.8. The predicted octanol–water partition coefficient (Wildman–Crippen LogP) is 15.5. The standard InChI is InChI=1S/C58H35N5OS/c1-3-14-37(15-4-1)55-60-56(62-57(61-55)46-23-13-27-51-53(46)45-20-7-10-26-50(45)64-51)41-17-11-16-40(34-41)43-21-12-22-44-47-35-39(32-33-52(47)65-54(43)44)36-28-30-38(31-29-36)58-59-48-24-8-9-25-49(48)63(58)42-18-5-2-6-19-42/h1-35H. The van der Waals surface area contributed by atoms with E-state index in [4.69, 9.17) is 24.4 Å². The lowest BCUT2D eigenvalue weighted by Gasteiger charge is -2.11. The van der Waals surface area contributed by atoms with Crippen LogP contribution in [0.25, 0.3) is 127 Å². The largest absolute Gasteiger partial charge is 0.456 e. The van der Waals surface area contributed by atoms with Crippen LogP contribution in [0.4, 0.5) is 0 Å². The van der Waals surface area contributed by atoms with E-state index in [-0.39, 0.29) is 0 Å². The monoisotopic (exact) mass is 849 g/mol. The lowest BCUT2D eigenvalue weighted by molar-refractivity contribution is 0.669. The summed E-state index contributed by atoms with van der Waals surface area (Å²) in [7, 11) is 0. The van der Waals surface area contributed by atoms with E-state index in [0.717, 1.165) is 77.9 Å². The van der Waals surface area contributed by atoms with Gasteiger partial charge in [-0.3, -0.25) is 4.57 Å². The van der Waals surface area contributed by atoms with Crippen molar-refractivity contribution in [3.8, 4) is 73.5 Å². The first-order chi connectivity index (χ1) is 32.2. The Morgan fingerprint density at radius 1 is 0.385 bits per heavy atom. The summed E-state index contributed by atoms with van der Waals surface area (Å²) in [5, 5.41) is 4.50. The van der Waals surface area contributed by atoms with Gasteiger partial charge >= 0.3 is 0 Å². The van der Waals surface area contributed by atoms with Gasteiger partial charge in [0.1, 0.15) is 17.0 Å². The molecule has 0 saturated heterocycles. The van der Waals surface area contributed by atoms with Gasteiger partial charge < -0.3 is 4.42 Å². The first-order valence-electron chi connectivity index (χ1n) is 21.6. The van der Waals surface area contributed by atoms with Gasteiger partial charge in [-0.15, -0.1) is 11.3 Å². The molecule has 13 aromatic rings. The Morgan fingerprint density at radius 3 is 1.89 bits per heavy atom. The third kappa shape index (κ3) is 6.32. The van der Waals surface area contributed by atoms with Crippen LogP contribution in [0, 0.1) is 0 Å². The van der Waals surface area contributed by atoms with E-state index in [9.17, 15) is 0 Å². The van der Waals surface area contributed by atoms with Crippen LogP contribution < -0.4 is 0 Å². The van der Waals surface area contributed by atoms with Crippen LogP contribution in [0.1, 0.15) is 0 Å². The van der Waals surface area contributed by atoms with Gasteiger partial charge in [-0.2, -0.15) is 0 Å². The highest BCUT2D eigenvalue weighted by Crippen LogP contribution is 2.43. The van der Waals surface area contributed by atoms with Crippen LogP contribution in [0.2, 0.25) is 0 Å². The Morgan fingerprint density at radius 2 is 1.02 bits per heavy atom. The zero-order valence-corrected chi connectivity index (χ0v) is 35.6. The number of hydrogen-bond acceptors (Lipinski definition) is 6. The van der Waals surface area contributed by atoms with Crippen molar-refractivity contribution in [2.45, 2.75) is 0 Å². The molecule has 0 spiro atoms. The molecule has 0 atom stereocenters. The summed E-state index contributed by atoms with van der Waals surface area (Å²) in [5.74, 6) is 2.75. The summed E-state index contributed by atoms with van der Waals surface area (Å²) in [6.07, 6.45) is 0. The molecule has 0 radical (unpaired) electrons. The van der Waals surface area contributed by atoms with Gasteiger partial charge in [0.05, 0.1) is 11.0 Å². The fraction of sp³-hybridized carbons (Fsp3) is 0. The molecule has 0 aliphatic carbocycles. The van der Waals surface area contributed by atoms with Crippen LogP contribution in [-0.4, -0.2) is 24.5 Å². The van der Waals surface area contributed by atoms with E-state index >= 15 is 0 Å². The first-order valence-corrected chi connectivity index (χ1v) is 22.4. The van der Waals surface area contributed by atoms with Gasteiger partial charge in [0.15, 0.2) is 17.5 Å². The minimum absolute atomic E-state index is 0.598. The first kappa shape index (κ1) is 37.1. The maximum Gasteiger partial charge on any atom is 0.164 e. The van der Waals surface area contributed by atoms with E-state index in [1.165, 1.54) is 31.3 Å². The average Bonchev–Trinajstić information content (AvgIpc) is 4.08. The molecule has 0 amide bonds. The van der Waals surface area contributed by atoms with Crippen molar-refractivity contribution in [2.24, 2.45) is 0 Å². The van der Waals surface area contributed by atoms with Crippen molar-refractivity contribution in [1.29, 1.82) is 0 Å². The normalized spacial score (nSPS) is 11.7. The maximum absolute atomic E-state index is 6.27. The molecule has 7 heteroatoms. The van der Waals surface area contributed by atoms with Crippen LogP contribution in [0.15, 0.2) is 217 Å². The van der Waals surface area contributed by atoms with Crippen molar-refractivity contribution in [3.63, 3.8) is 0 Å². The molecule has 0 bridgehead atoms. The number of para-hydroxylation sites is 4. The number of nitrogens with zero attached hydrogens (tertiary/aromatic N) is 5. The molecule has 0 unspecified atom stereocenters. The summed E-state index contributed by atoms with van der Waals surface area (Å²) < 4.78 is 11.0. The highest BCUT2D eigenvalue weighted by atomic mass is 32.1. The van der Waals surface area contributed by atoms with Crippen LogP contribution in [-0.2, 0) is 0 Å². The molecule has 6 nitrogen and oxygen atoms in total. The number of aromatic nitrogens is 5. The minimum atomic E-state index is 0.598. The number of benzene rings is 9. The zero-order chi connectivity index (χ0) is 42.8. The third-order valence-corrected chi connectivity index (χ3v) is 13.5. The molecule has 0 aliphatic heterocycles. The van der Waals surface area contributed by atoms with Gasteiger partial charge in [-0.05, 0) is 76.9 Å². The summed E-state index contributed by atoms with van der Waals surface area (Å²) in [6, 6.07) is 73.9. The predicted molar refractivity (Wildman–Crippen MR) is 267 cm³/mol. The number of fused-ring (bicyclic) bond motifs is 7. The molecular weight excluding hydrogens is 815 g/mol. The van der Waals surface area contributed by atoms with E-state index < -0.39 is 0 Å². The maximum atomic E-state index is 6.27. The fourth-order valence-corrected chi connectivity index (χ4v) is 10.4. The molecule has 0 N–H and O–H groups in total. The van der Waals surface area contributed by atoms with E-state index in [1.807, 2.05) is 84.1 Å². The lowest BCUT2D eigenvalue weighted by atomic mass is 9.98. The molecule has 0 saturated carbocycles. The van der Waals surface area contributed by atoms with Gasteiger partial charge in [-0.25, -0.2) is 19.9 Å². The topological polar surface area (TPSA) is 69.6 Å². The quantitative estimate of drug-likeness (QED) is 0.160. The van der Waals surface area contributed by atoms with Crippen molar-refractivity contribution < 1.29 is 4.42 Å². The van der Waals surface area contributed by atoms with Crippen molar-refractivity contribution in [2.75, 3.05) is 0 Å². The van der Waals surface area contributed by atoms with Gasteiger partial charge in [0, 0.05) is 58.9 Å². The smallest absolute Gasteiger partial charge is 0.164 e. The second-order valence-corrected chi connectivity index (χ2v) is 17.2. The van der Waals surface area contributed by atoms with E-state index in [1.54, 1.807) is 0 Å². The molecule has 0 fully saturated rings. The highest BCUT2D eigenvalue weighted by Gasteiger charge is 2.20. The minimum Gasteiger partial charge on any atom is -0.456 e. The average molecular weight is 850 g/mol. The fourth-order valence-electron chi connectivity index (χ4n) is 9.20. The molecule has 4 heterocycles. The molecule has 65 heavy (non-hydrogen) atoms. The SMILES string of the molecule is c1ccc(-c2nc(-c3cccc(-c4cccc5c4sc4ccc(-c6ccc(-c7nc8ccccc8n7-c7ccccc7)cc6)cc45)c3)nc(-c3cccc4oc5ccccc5c34)n2)cc1. The highest BCUT2D eigenvalue weighted by molar-refractivity contribution is 7.26. The van der Waals surface area contributed by atoms with Gasteiger partial charge in [0.2, 0.25) is 0 Å². The molecule has 0 aliphatic rings. The Balaban J connectivity index is 0.879. The van der Waals surface area contributed by atoms with Crippen LogP contribution >= 0.6 is 11.3 Å². The van der Waals surface area contributed by atoms with E-state index in [0.29, 0.717) is 17.5 Å². The van der Waals surface area contributed by atoms with Gasteiger partial charge in [0.25, 0.3) is 0 Å². The lowest BCUT2D eigenvalue weighted by Crippen LogP contribution is -2.00. The molecule has 13 rings (SSSR count). The van der Waals surface area contributed by atoms with Crippen molar-refractivity contribution in [1.82, 2.24) is 24.5 Å². The number of imidazole rings is 1. The molecular formula is C58H35N5OS. The number of rotatable bonds is 7. The second-order valence-electron chi connectivity index (χ2n) is 16.2. The Labute approximate surface area is 377 Å². The summed E-state index contributed by atoms with van der Waals surface area (Å²) in [6.45, 7) is 0. The Hall–Kier alpha value is -8.52. The molecule has 304 valence electrons. The summed E-state index contributed by atoms with van der Waals surface area (Å²) in [5.41, 5.74) is 13.2. The number of hydrogen-bond donors (Lipinski definition) is 0. The van der Waals surface area contributed by atoms with Crippen molar-refractivity contribution >= 4 is 64.5 Å². The van der Waals surface area contributed by atoms with Crippen molar-refractivity contribution in [3.05, 3.63) is 212 Å². The molecule has 9 aromatic carbocycles. The van der Waals surface area contributed by atoms with Gasteiger partial charge in [-0.1, -0.05) is 158 Å². The Bertz CT molecular complexity index is 3950. The van der Waals surface area contributed by atoms with E-state index in [2.05, 4.69) is 144 Å². The van der Waals surface area contributed by atoms with Crippen LogP contribution in [0.3, 0.4) is 0 Å². The number of furan rings is 1. The summed E-state index contributed by atoms with van der Waals surface area (Å²) >= 11 is 1.83. The molecule has 4 aromatic heterocycles.